The second-order valence-electron chi connectivity index (χ2n) is 9.08. The van der Waals surface area contributed by atoms with Gasteiger partial charge in [0, 0.05) is 18.0 Å². The number of carbonyl (C=O) groups is 2. The van der Waals surface area contributed by atoms with E-state index < -0.39 is 21.8 Å². The first-order chi connectivity index (χ1) is 16.9. The maximum absolute atomic E-state index is 12.9. The van der Waals surface area contributed by atoms with Crippen LogP contribution in [0.1, 0.15) is 53.9 Å². The monoisotopic (exact) mass is 493 g/mol. The normalized spacial score (nSPS) is 15.5. The average Bonchev–Trinajstić information content (AvgIpc) is 2.90. The highest BCUT2D eigenvalue weighted by Gasteiger charge is 2.29. The van der Waals surface area contributed by atoms with E-state index >= 15 is 0 Å². The fraction of sp³-hybridized carbons (Fsp3) is 0.357. The van der Waals surface area contributed by atoms with Crippen molar-refractivity contribution in [1.29, 1.82) is 0 Å². The SMILES string of the molecule is O=C(OCCNS(=O)(=O)CC(c1ccccc1)C1CCCCC1)C(=O)c1cccc2ccccc12. The molecule has 0 aromatic heterocycles. The van der Waals surface area contributed by atoms with Gasteiger partial charge in [0.25, 0.3) is 5.78 Å². The molecule has 1 N–H and O–H groups in total. The lowest BCUT2D eigenvalue weighted by Crippen LogP contribution is -2.35. The van der Waals surface area contributed by atoms with E-state index in [0.717, 1.165) is 36.6 Å². The van der Waals surface area contributed by atoms with Crippen LogP contribution in [0.15, 0.2) is 72.8 Å². The smallest absolute Gasteiger partial charge is 0.379 e. The van der Waals surface area contributed by atoms with Gasteiger partial charge in [0.1, 0.15) is 6.61 Å². The predicted molar refractivity (Wildman–Crippen MR) is 137 cm³/mol. The number of sulfonamides is 1. The van der Waals surface area contributed by atoms with Crippen molar-refractivity contribution in [2.45, 2.75) is 38.0 Å². The summed E-state index contributed by atoms with van der Waals surface area (Å²) in [5.41, 5.74) is 1.31. The molecule has 7 heteroatoms. The molecular weight excluding hydrogens is 462 g/mol. The Hall–Kier alpha value is -3.03. The van der Waals surface area contributed by atoms with E-state index in [1.54, 1.807) is 24.3 Å². The van der Waals surface area contributed by atoms with E-state index in [9.17, 15) is 18.0 Å². The summed E-state index contributed by atoms with van der Waals surface area (Å²) in [6, 6.07) is 22.3. The van der Waals surface area contributed by atoms with Gasteiger partial charge in [0.15, 0.2) is 0 Å². The maximum atomic E-state index is 12.9. The molecule has 6 nitrogen and oxygen atoms in total. The summed E-state index contributed by atoms with van der Waals surface area (Å²) in [4.78, 5) is 24.9. The average molecular weight is 494 g/mol. The minimum atomic E-state index is -3.60. The largest absolute Gasteiger partial charge is 0.458 e. The lowest BCUT2D eigenvalue weighted by atomic mass is 9.78. The molecule has 1 fully saturated rings. The number of ether oxygens (including phenoxy) is 1. The Morgan fingerprint density at radius 3 is 2.34 bits per heavy atom. The minimum absolute atomic E-state index is 0.00936. The second-order valence-corrected chi connectivity index (χ2v) is 10.9. The summed E-state index contributed by atoms with van der Waals surface area (Å²) in [7, 11) is -3.60. The molecule has 4 rings (SSSR count). The minimum Gasteiger partial charge on any atom is -0.458 e. The van der Waals surface area contributed by atoms with Crippen molar-refractivity contribution in [3.8, 4) is 0 Å². The Morgan fingerprint density at radius 2 is 1.57 bits per heavy atom. The topological polar surface area (TPSA) is 89.5 Å². The van der Waals surface area contributed by atoms with Crippen LogP contribution < -0.4 is 4.72 Å². The van der Waals surface area contributed by atoms with Crippen molar-refractivity contribution < 1.29 is 22.7 Å². The Kier molecular flexibility index (Phi) is 8.31. The van der Waals surface area contributed by atoms with Gasteiger partial charge in [-0.05, 0) is 35.1 Å². The maximum Gasteiger partial charge on any atom is 0.379 e. The van der Waals surface area contributed by atoms with Gasteiger partial charge in [-0.15, -0.1) is 0 Å². The Labute approximate surface area is 206 Å². The molecule has 0 saturated heterocycles. The quantitative estimate of drug-likeness (QED) is 0.189. The number of esters is 1. The molecule has 1 saturated carbocycles. The fourth-order valence-corrected chi connectivity index (χ4v) is 6.43. The second kappa shape index (κ2) is 11.6. The zero-order valence-corrected chi connectivity index (χ0v) is 20.5. The third-order valence-electron chi connectivity index (χ3n) is 6.72. The number of benzene rings is 3. The van der Waals surface area contributed by atoms with Crippen LogP contribution in [-0.2, 0) is 19.6 Å². The fourth-order valence-electron chi connectivity index (χ4n) is 4.98. The van der Waals surface area contributed by atoms with Crippen molar-refractivity contribution in [3.05, 3.63) is 83.9 Å². The molecular formula is C28H31NO5S. The third-order valence-corrected chi connectivity index (χ3v) is 8.16. The van der Waals surface area contributed by atoms with E-state index in [4.69, 9.17) is 4.74 Å². The summed E-state index contributed by atoms with van der Waals surface area (Å²) < 4.78 is 33.4. The van der Waals surface area contributed by atoms with Crippen LogP contribution in [0.5, 0.6) is 0 Å². The number of hydrogen-bond acceptors (Lipinski definition) is 5. The van der Waals surface area contributed by atoms with E-state index in [0.29, 0.717) is 11.3 Å². The van der Waals surface area contributed by atoms with Crippen LogP contribution in [0.2, 0.25) is 0 Å². The van der Waals surface area contributed by atoms with Crippen LogP contribution in [0.4, 0.5) is 0 Å². The number of rotatable bonds is 10. The third kappa shape index (κ3) is 6.55. The molecule has 1 atom stereocenters. The van der Waals surface area contributed by atoms with Crippen LogP contribution in [0.25, 0.3) is 10.8 Å². The van der Waals surface area contributed by atoms with Crippen LogP contribution >= 0.6 is 0 Å². The molecule has 184 valence electrons. The summed E-state index contributed by atoms with van der Waals surface area (Å²) in [5.74, 6) is -1.50. The Balaban J connectivity index is 1.33. The van der Waals surface area contributed by atoms with E-state index in [1.807, 2.05) is 48.5 Å². The molecule has 0 spiro atoms. The van der Waals surface area contributed by atoms with Crippen LogP contribution in [0.3, 0.4) is 0 Å². The molecule has 3 aromatic rings. The van der Waals surface area contributed by atoms with Gasteiger partial charge in [-0.2, -0.15) is 0 Å². The molecule has 35 heavy (non-hydrogen) atoms. The Bertz CT molecular complexity index is 1260. The molecule has 0 radical (unpaired) electrons. The van der Waals surface area contributed by atoms with Crippen molar-refractivity contribution in [2.75, 3.05) is 18.9 Å². The predicted octanol–water partition coefficient (Wildman–Crippen LogP) is 4.85. The van der Waals surface area contributed by atoms with Gasteiger partial charge < -0.3 is 4.74 Å². The number of fused-ring (bicyclic) bond motifs is 1. The summed E-state index contributed by atoms with van der Waals surface area (Å²) in [5, 5.41) is 1.53. The number of nitrogens with one attached hydrogen (secondary N) is 1. The lowest BCUT2D eigenvalue weighted by Gasteiger charge is -2.30. The zero-order valence-electron chi connectivity index (χ0n) is 19.7. The van der Waals surface area contributed by atoms with Crippen molar-refractivity contribution >= 4 is 32.5 Å². The van der Waals surface area contributed by atoms with Gasteiger partial charge in [-0.25, -0.2) is 17.9 Å². The van der Waals surface area contributed by atoms with Crippen molar-refractivity contribution in [3.63, 3.8) is 0 Å². The van der Waals surface area contributed by atoms with Crippen molar-refractivity contribution in [2.24, 2.45) is 5.92 Å². The summed E-state index contributed by atoms with van der Waals surface area (Å²) >= 11 is 0. The number of ketones is 1. The molecule has 1 aliphatic rings. The van der Waals surface area contributed by atoms with Gasteiger partial charge in [0.2, 0.25) is 10.0 Å². The first-order valence-electron chi connectivity index (χ1n) is 12.2. The molecule has 3 aromatic carbocycles. The molecule has 0 aliphatic heterocycles. The van der Waals surface area contributed by atoms with E-state index in [2.05, 4.69) is 4.72 Å². The molecule has 0 bridgehead atoms. The number of carbonyl (C=O) groups excluding carboxylic acids is 2. The lowest BCUT2D eigenvalue weighted by molar-refractivity contribution is -0.137. The van der Waals surface area contributed by atoms with Crippen LogP contribution in [-0.4, -0.2) is 39.1 Å². The summed E-state index contributed by atoms with van der Waals surface area (Å²) in [6.07, 6.45) is 5.52. The van der Waals surface area contributed by atoms with E-state index in [-0.39, 0.29) is 30.4 Å². The number of Topliss-reactive ketones (excluding diaryl/α,β-unsaturated/α-hetero) is 1. The highest BCUT2D eigenvalue weighted by molar-refractivity contribution is 7.89. The summed E-state index contributed by atoms with van der Waals surface area (Å²) in [6.45, 7) is -0.295. The molecule has 1 unspecified atom stereocenters. The zero-order chi connectivity index (χ0) is 24.7. The molecule has 0 heterocycles. The van der Waals surface area contributed by atoms with Gasteiger partial charge >= 0.3 is 5.97 Å². The highest BCUT2D eigenvalue weighted by Crippen LogP contribution is 2.36. The molecule has 1 aliphatic carbocycles. The Morgan fingerprint density at radius 1 is 0.886 bits per heavy atom. The highest BCUT2D eigenvalue weighted by atomic mass is 32.2. The van der Waals surface area contributed by atoms with Crippen LogP contribution in [0, 0.1) is 5.92 Å². The van der Waals surface area contributed by atoms with E-state index in [1.165, 1.54) is 6.42 Å². The molecule has 0 amide bonds. The van der Waals surface area contributed by atoms with Crippen molar-refractivity contribution in [1.82, 2.24) is 4.72 Å². The van der Waals surface area contributed by atoms with Gasteiger partial charge in [-0.1, -0.05) is 92.1 Å². The first kappa shape index (κ1) is 25.1. The first-order valence-corrected chi connectivity index (χ1v) is 13.8. The standard InChI is InChI=1S/C28H31NO5S/c30-27(25-17-9-15-21-14-7-8-16-24(21)25)28(31)34-19-18-29-35(32,33)20-26(22-10-3-1-4-11-22)23-12-5-2-6-13-23/h1,3-4,7-11,14-17,23,26,29H,2,5-6,12-13,18-20H2. The van der Waals surface area contributed by atoms with Gasteiger partial charge in [-0.3, -0.25) is 4.79 Å². The van der Waals surface area contributed by atoms with Gasteiger partial charge in [0.05, 0.1) is 5.75 Å². The number of hydrogen-bond donors (Lipinski definition) is 1.